The Morgan fingerprint density at radius 3 is 2.13 bits per heavy atom. The van der Waals surface area contributed by atoms with Gasteiger partial charge in [-0.25, -0.2) is 4.39 Å². The first-order chi connectivity index (χ1) is 10.9. The van der Waals surface area contributed by atoms with Crippen LogP contribution in [0, 0.1) is 25.1 Å². The monoisotopic (exact) mass is 310 g/mol. The van der Waals surface area contributed by atoms with Crippen LogP contribution in [-0.4, -0.2) is 0 Å². The van der Waals surface area contributed by atoms with Crippen molar-refractivity contribution in [2.45, 2.75) is 58.8 Å². The molecule has 1 unspecified atom stereocenters. The van der Waals surface area contributed by atoms with E-state index in [0.717, 1.165) is 24.0 Å². The third-order valence-electron chi connectivity index (χ3n) is 6.11. The fourth-order valence-electron chi connectivity index (χ4n) is 4.09. The fraction of sp³-hybridized carbons (Fsp3) is 0.455. The summed E-state index contributed by atoms with van der Waals surface area (Å²) in [5.41, 5.74) is 4.66. The summed E-state index contributed by atoms with van der Waals surface area (Å²) < 4.78 is 14.7. The third-order valence-corrected chi connectivity index (χ3v) is 6.11. The molecule has 0 saturated heterocycles. The number of hydrogen-bond donors (Lipinski definition) is 0. The smallest absolute Gasteiger partial charge is 0.127 e. The van der Waals surface area contributed by atoms with Gasteiger partial charge in [0.2, 0.25) is 0 Å². The van der Waals surface area contributed by atoms with Crippen molar-refractivity contribution in [3.8, 4) is 0 Å². The van der Waals surface area contributed by atoms with Crippen molar-refractivity contribution in [1.29, 1.82) is 0 Å². The van der Waals surface area contributed by atoms with Crippen LogP contribution in [0.15, 0.2) is 42.5 Å². The summed E-state index contributed by atoms with van der Waals surface area (Å²) in [7, 11) is 0. The first-order valence-corrected chi connectivity index (χ1v) is 8.72. The largest absolute Gasteiger partial charge is 0.207 e. The molecule has 1 atom stereocenters. The molecule has 23 heavy (non-hydrogen) atoms. The van der Waals surface area contributed by atoms with Crippen molar-refractivity contribution in [3.05, 3.63) is 70.5 Å². The summed E-state index contributed by atoms with van der Waals surface area (Å²) in [5, 5.41) is 0. The van der Waals surface area contributed by atoms with Gasteiger partial charge in [0.25, 0.3) is 0 Å². The number of rotatable bonds is 5. The van der Waals surface area contributed by atoms with Crippen molar-refractivity contribution >= 4 is 0 Å². The molecule has 1 fully saturated rings. The van der Waals surface area contributed by atoms with E-state index in [9.17, 15) is 4.39 Å². The highest BCUT2D eigenvalue weighted by Gasteiger charge is 2.56. The SMILES string of the molecule is CCC(C)(c1ccc(C)cc1F)C1(Cc2ccc(C)cc2)CC1. The second-order valence-electron chi connectivity index (χ2n) is 7.61. The Kier molecular flexibility index (Phi) is 4.08. The summed E-state index contributed by atoms with van der Waals surface area (Å²) in [5.74, 6) is -0.0375. The first-order valence-electron chi connectivity index (χ1n) is 8.72. The molecule has 0 bridgehead atoms. The highest BCUT2D eigenvalue weighted by Crippen LogP contribution is 2.62. The highest BCUT2D eigenvalue weighted by molar-refractivity contribution is 5.36. The van der Waals surface area contributed by atoms with Gasteiger partial charge in [-0.05, 0) is 67.7 Å². The Labute approximate surface area is 139 Å². The minimum absolute atomic E-state index is 0.0375. The van der Waals surface area contributed by atoms with Gasteiger partial charge in [-0.1, -0.05) is 55.8 Å². The Balaban J connectivity index is 1.96. The molecule has 1 aliphatic carbocycles. The van der Waals surface area contributed by atoms with Crippen LogP contribution in [0.5, 0.6) is 0 Å². The van der Waals surface area contributed by atoms with Crippen molar-refractivity contribution < 1.29 is 4.39 Å². The lowest BCUT2D eigenvalue weighted by Crippen LogP contribution is -2.35. The van der Waals surface area contributed by atoms with E-state index in [1.165, 1.54) is 24.0 Å². The van der Waals surface area contributed by atoms with E-state index in [1.807, 2.05) is 19.1 Å². The summed E-state index contributed by atoms with van der Waals surface area (Å²) in [6.07, 6.45) is 4.40. The zero-order valence-corrected chi connectivity index (χ0v) is 14.7. The van der Waals surface area contributed by atoms with Crippen LogP contribution in [0.2, 0.25) is 0 Å². The second kappa shape index (κ2) is 5.78. The molecule has 3 rings (SSSR count). The van der Waals surface area contributed by atoms with Gasteiger partial charge in [-0.2, -0.15) is 0 Å². The van der Waals surface area contributed by atoms with Gasteiger partial charge < -0.3 is 0 Å². The van der Waals surface area contributed by atoms with E-state index in [-0.39, 0.29) is 16.6 Å². The van der Waals surface area contributed by atoms with Gasteiger partial charge in [0.15, 0.2) is 0 Å². The van der Waals surface area contributed by atoms with Gasteiger partial charge in [-0.15, -0.1) is 0 Å². The molecule has 0 radical (unpaired) electrons. The maximum atomic E-state index is 14.7. The van der Waals surface area contributed by atoms with Crippen LogP contribution in [0.25, 0.3) is 0 Å². The number of aryl methyl sites for hydroxylation is 2. The maximum absolute atomic E-state index is 14.7. The van der Waals surface area contributed by atoms with Crippen molar-refractivity contribution in [1.82, 2.24) is 0 Å². The molecular formula is C22H27F. The summed E-state index contributed by atoms with van der Waals surface area (Å²) >= 11 is 0. The quantitative estimate of drug-likeness (QED) is 0.623. The topological polar surface area (TPSA) is 0 Å². The van der Waals surface area contributed by atoms with E-state index >= 15 is 0 Å². The van der Waals surface area contributed by atoms with E-state index in [2.05, 4.69) is 45.0 Å². The molecule has 0 heterocycles. The Morgan fingerprint density at radius 2 is 1.61 bits per heavy atom. The molecule has 1 saturated carbocycles. The maximum Gasteiger partial charge on any atom is 0.127 e. The van der Waals surface area contributed by atoms with E-state index < -0.39 is 0 Å². The van der Waals surface area contributed by atoms with Crippen LogP contribution in [0.4, 0.5) is 4.39 Å². The standard InChI is InChI=1S/C22H27F/c1-5-21(4,19-11-8-17(3)14-20(19)23)22(12-13-22)15-18-9-6-16(2)7-10-18/h6-11,14H,5,12-13,15H2,1-4H3. The molecule has 2 aromatic carbocycles. The van der Waals surface area contributed by atoms with Crippen molar-refractivity contribution in [2.75, 3.05) is 0 Å². The molecule has 0 nitrogen and oxygen atoms in total. The van der Waals surface area contributed by atoms with E-state index in [0.29, 0.717) is 0 Å². The minimum Gasteiger partial charge on any atom is -0.207 e. The molecule has 1 heteroatoms. The number of benzene rings is 2. The van der Waals surface area contributed by atoms with E-state index in [4.69, 9.17) is 0 Å². The van der Waals surface area contributed by atoms with Gasteiger partial charge in [-0.3, -0.25) is 0 Å². The average molecular weight is 310 g/mol. The molecule has 1 aliphatic rings. The molecule has 0 amide bonds. The van der Waals surface area contributed by atoms with Crippen LogP contribution in [-0.2, 0) is 11.8 Å². The van der Waals surface area contributed by atoms with Gasteiger partial charge in [0.1, 0.15) is 5.82 Å². The molecule has 2 aromatic rings. The lowest BCUT2D eigenvalue weighted by molar-refractivity contribution is 0.245. The zero-order valence-electron chi connectivity index (χ0n) is 14.7. The van der Waals surface area contributed by atoms with Crippen molar-refractivity contribution in [3.63, 3.8) is 0 Å². The Bertz CT molecular complexity index is 694. The normalized spacial score (nSPS) is 18.5. The lowest BCUT2D eigenvalue weighted by Gasteiger charge is -2.39. The average Bonchev–Trinajstić information content (AvgIpc) is 3.30. The van der Waals surface area contributed by atoms with Crippen molar-refractivity contribution in [2.24, 2.45) is 5.41 Å². The minimum atomic E-state index is -0.102. The Hall–Kier alpha value is -1.63. The first kappa shape index (κ1) is 16.2. The molecule has 0 aromatic heterocycles. The van der Waals surface area contributed by atoms with Crippen LogP contribution >= 0.6 is 0 Å². The summed E-state index contributed by atoms with van der Waals surface area (Å²) in [6, 6.07) is 14.6. The van der Waals surface area contributed by atoms with Gasteiger partial charge >= 0.3 is 0 Å². The predicted molar refractivity (Wildman–Crippen MR) is 95.3 cm³/mol. The van der Waals surface area contributed by atoms with Gasteiger partial charge in [0.05, 0.1) is 0 Å². The summed E-state index contributed by atoms with van der Waals surface area (Å²) in [6.45, 7) is 8.54. The van der Waals surface area contributed by atoms with E-state index in [1.54, 1.807) is 6.07 Å². The highest BCUT2D eigenvalue weighted by atomic mass is 19.1. The van der Waals surface area contributed by atoms with Crippen LogP contribution in [0.3, 0.4) is 0 Å². The van der Waals surface area contributed by atoms with Crippen LogP contribution < -0.4 is 0 Å². The summed E-state index contributed by atoms with van der Waals surface area (Å²) in [4.78, 5) is 0. The lowest BCUT2D eigenvalue weighted by atomic mass is 9.65. The van der Waals surface area contributed by atoms with Crippen LogP contribution in [0.1, 0.15) is 55.4 Å². The molecule has 122 valence electrons. The second-order valence-corrected chi connectivity index (χ2v) is 7.61. The number of hydrogen-bond acceptors (Lipinski definition) is 0. The Morgan fingerprint density at radius 1 is 1.00 bits per heavy atom. The molecule has 0 N–H and O–H groups in total. The molecular weight excluding hydrogens is 283 g/mol. The number of halogens is 1. The molecule has 0 spiro atoms. The molecule has 0 aliphatic heterocycles. The zero-order chi connectivity index (χ0) is 16.7. The predicted octanol–water partition coefficient (Wildman–Crippen LogP) is 6.13. The van der Waals surface area contributed by atoms with Gasteiger partial charge in [0, 0.05) is 5.41 Å². The fourth-order valence-corrected chi connectivity index (χ4v) is 4.09. The third kappa shape index (κ3) is 2.82.